The summed E-state index contributed by atoms with van der Waals surface area (Å²) in [6.45, 7) is 0. The highest BCUT2D eigenvalue weighted by Crippen LogP contribution is 2.28. The summed E-state index contributed by atoms with van der Waals surface area (Å²) >= 11 is 5.55. The highest BCUT2D eigenvalue weighted by molar-refractivity contribution is 6.33. The SMILES string of the molecule is O=CCc1cc([N+](=O)[O-])c(Cl)cc1C(=O)O. The van der Waals surface area contributed by atoms with E-state index in [2.05, 4.69) is 0 Å². The van der Waals surface area contributed by atoms with Crippen LogP contribution in [0.3, 0.4) is 0 Å². The van der Waals surface area contributed by atoms with Gasteiger partial charge in [0.15, 0.2) is 0 Å². The quantitative estimate of drug-likeness (QED) is 0.493. The third-order valence-electron chi connectivity index (χ3n) is 1.90. The lowest BCUT2D eigenvalue weighted by atomic mass is 10.0. The van der Waals surface area contributed by atoms with Gasteiger partial charge in [-0.2, -0.15) is 0 Å². The summed E-state index contributed by atoms with van der Waals surface area (Å²) in [5.74, 6) is -1.28. The fraction of sp³-hybridized carbons (Fsp3) is 0.111. The Balaban J connectivity index is 3.42. The van der Waals surface area contributed by atoms with Gasteiger partial charge >= 0.3 is 5.97 Å². The van der Waals surface area contributed by atoms with Crippen molar-refractivity contribution in [1.82, 2.24) is 0 Å². The Morgan fingerprint density at radius 2 is 2.19 bits per heavy atom. The predicted molar refractivity (Wildman–Crippen MR) is 54.8 cm³/mol. The van der Waals surface area contributed by atoms with Crippen LogP contribution in [0.1, 0.15) is 15.9 Å². The second-order valence-corrected chi connectivity index (χ2v) is 3.30. The topological polar surface area (TPSA) is 97.5 Å². The zero-order chi connectivity index (χ0) is 12.3. The Labute approximate surface area is 94.6 Å². The largest absolute Gasteiger partial charge is 0.478 e. The molecule has 0 bridgehead atoms. The molecule has 0 aliphatic heterocycles. The highest BCUT2D eigenvalue weighted by atomic mass is 35.5. The molecule has 1 aromatic carbocycles. The Hall–Kier alpha value is -1.95. The van der Waals surface area contributed by atoms with Gasteiger partial charge in [0.1, 0.15) is 11.3 Å². The van der Waals surface area contributed by atoms with E-state index in [-0.39, 0.29) is 22.6 Å². The van der Waals surface area contributed by atoms with Crippen LogP contribution in [0.4, 0.5) is 5.69 Å². The Morgan fingerprint density at radius 3 is 2.62 bits per heavy atom. The number of aldehydes is 1. The fourth-order valence-electron chi connectivity index (χ4n) is 1.20. The van der Waals surface area contributed by atoms with Gasteiger partial charge in [0.25, 0.3) is 5.69 Å². The smallest absolute Gasteiger partial charge is 0.336 e. The third kappa shape index (κ3) is 2.34. The number of hydrogen-bond acceptors (Lipinski definition) is 4. The second kappa shape index (κ2) is 4.71. The molecule has 0 atom stereocenters. The van der Waals surface area contributed by atoms with E-state index in [0.29, 0.717) is 6.29 Å². The lowest BCUT2D eigenvalue weighted by Gasteiger charge is -2.03. The molecule has 0 saturated carbocycles. The van der Waals surface area contributed by atoms with Gasteiger partial charge in [0.05, 0.1) is 10.5 Å². The third-order valence-corrected chi connectivity index (χ3v) is 2.21. The maximum atomic E-state index is 10.8. The van der Waals surface area contributed by atoms with Crippen molar-refractivity contribution < 1.29 is 19.6 Å². The van der Waals surface area contributed by atoms with E-state index in [9.17, 15) is 19.7 Å². The van der Waals surface area contributed by atoms with Crippen molar-refractivity contribution in [2.24, 2.45) is 0 Å². The Kier molecular flexibility index (Phi) is 3.57. The number of carboxylic acids is 1. The van der Waals surface area contributed by atoms with Gasteiger partial charge in [-0.15, -0.1) is 0 Å². The molecule has 1 rings (SSSR count). The number of carbonyl (C=O) groups is 2. The normalized spacial score (nSPS) is 9.81. The van der Waals surface area contributed by atoms with E-state index in [1.54, 1.807) is 0 Å². The van der Waals surface area contributed by atoms with Crippen LogP contribution in [0, 0.1) is 10.1 Å². The van der Waals surface area contributed by atoms with Crippen LogP contribution in [0.5, 0.6) is 0 Å². The van der Waals surface area contributed by atoms with Crippen molar-refractivity contribution in [3.8, 4) is 0 Å². The van der Waals surface area contributed by atoms with Gasteiger partial charge in [0, 0.05) is 12.5 Å². The van der Waals surface area contributed by atoms with Crippen LogP contribution in [0.25, 0.3) is 0 Å². The molecule has 1 aromatic rings. The molecule has 0 unspecified atom stereocenters. The standard InChI is InChI=1S/C9H6ClNO5/c10-7-4-6(9(13)14)5(1-2-12)3-8(7)11(15)16/h2-4H,1H2,(H,13,14). The zero-order valence-electron chi connectivity index (χ0n) is 7.84. The molecule has 0 aliphatic carbocycles. The molecule has 0 fully saturated rings. The van der Waals surface area contributed by atoms with E-state index in [1.165, 1.54) is 0 Å². The summed E-state index contributed by atoms with van der Waals surface area (Å²) in [4.78, 5) is 30.9. The highest BCUT2D eigenvalue weighted by Gasteiger charge is 2.19. The molecular weight excluding hydrogens is 238 g/mol. The number of halogens is 1. The van der Waals surface area contributed by atoms with Gasteiger partial charge in [-0.3, -0.25) is 10.1 Å². The molecule has 84 valence electrons. The van der Waals surface area contributed by atoms with Crippen molar-refractivity contribution >= 4 is 29.5 Å². The fourth-order valence-corrected chi connectivity index (χ4v) is 1.44. The van der Waals surface area contributed by atoms with Crippen molar-refractivity contribution in [3.05, 3.63) is 38.4 Å². The molecule has 0 heterocycles. The number of carboxylic acid groups (broad SMARTS) is 1. The molecule has 0 saturated heterocycles. The number of aromatic carboxylic acids is 1. The molecule has 16 heavy (non-hydrogen) atoms. The van der Waals surface area contributed by atoms with Gasteiger partial charge in [-0.1, -0.05) is 11.6 Å². The van der Waals surface area contributed by atoms with E-state index in [1.807, 2.05) is 0 Å². The molecule has 7 heteroatoms. The van der Waals surface area contributed by atoms with E-state index in [4.69, 9.17) is 16.7 Å². The van der Waals surface area contributed by atoms with Crippen molar-refractivity contribution in [1.29, 1.82) is 0 Å². The lowest BCUT2D eigenvalue weighted by Crippen LogP contribution is -2.04. The summed E-state index contributed by atoms with van der Waals surface area (Å²) < 4.78 is 0. The minimum Gasteiger partial charge on any atom is -0.478 e. The predicted octanol–water partition coefficient (Wildman–Crippen LogP) is 1.69. The molecule has 0 radical (unpaired) electrons. The molecule has 0 aliphatic rings. The van der Waals surface area contributed by atoms with Crippen LogP contribution in [-0.4, -0.2) is 22.3 Å². The van der Waals surface area contributed by atoms with Crippen molar-refractivity contribution in [2.75, 3.05) is 0 Å². The maximum absolute atomic E-state index is 10.8. The average molecular weight is 244 g/mol. The van der Waals surface area contributed by atoms with Crippen LogP contribution < -0.4 is 0 Å². The first-order chi connectivity index (χ1) is 7.47. The second-order valence-electron chi connectivity index (χ2n) is 2.89. The number of carbonyl (C=O) groups excluding carboxylic acids is 1. The first-order valence-electron chi connectivity index (χ1n) is 4.11. The average Bonchev–Trinajstić information content (AvgIpc) is 2.19. The minimum atomic E-state index is -1.28. The number of benzene rings is 1. The Morgan fingerprint density at radius 1 is 1.56 bits per heavy atom. The first-order valence-corrected chi connectivity index (χ1v) is 4.49. The van der Waals surface area contributed by atoms with E-state index >= 15 is 0 Å². The zero-order valence-corrected chi connectivity index (χ0v) is 8.60. The van der Waals surface area contributed by atoms with Crippen molar-refractivity contribution in [3.63, 3.8) is 0 Å². The van der Waals surface area contributed by atoms with Crippen LogP contribution in [-0.2, 0) is 11.2 Å². The molecular formula is C9H6ClNO5. The molecule has 0 spiro atoms. The summed E-state index contributed by atoms with van der Waals surface area (Å²) in [7, 11) is 0. The summed E-state index contributed by atoms with van der Waals surface area (Å²) in [6, 6.07) is 1.97. The monoisotopic (exact) mass is 243 g/mol. The van der Waals surface area contributed by atoms with Gasteiger partial charge in [-0.25, -0.2) is 4.79 Å². The van der Waals surface area contributed by atoms with E-state index < -0.39 is 16.6 Å². The van der Waals surface area contributed by atoms with E-state index in [0.717, 1.165) is 12.1 Å². The lowest BCUT2D eigenvalue weighted by molar-refractivity contribution is -0.384. The van der Waals surface area contributed by atoms with Crippen LogP contribution >= 0.6 is 11.6 Å². The summed E-state index contributed by atoms with van der Waals surface area (Å²) in [5, 5.41) is 19.1. The number of nitrogens with zero attached hydrogens (tertiary/aromatic N) is 1. The summed E-state index contributed by atoms with van der Waals surface area (Å²) in [6.07, 6.45) is 0.263. The van der Waals surface area contributed by atoms with Crippen LogP contribution in [0.15, 0.2) is 12.1 Å². The molecule has 0 aromatic heterocycles. The molecule has 0 amide bonds. The van der Waals surface area contributed by atoms with Crippen LogP contribution in [0.2, 0.25) is 5.02 Å². The molecule has 1 N–H and O–H groups in total. The van der Waals surface area contributed by atoms with Crippen molar-refractivity contribution in [2.45, 2.75) is 6.42 Å². The Bertz CT molecular complexity index is 471. The number of rotatable bonds is 4. The van der Waals surface area contributed by atoms with Gasteiger partial charge < -0.3 is 9.90 Å². The summed E-state index contributed by atoms with van der Waals surface area (Å²) in [5.41, 5.74) is -0.551. The number of hydrogen-bond donors (Lipinski definition) is 1. The first kappa shape index (κ1) is 12.1. The maximum Gasteiger partial charge on any atom is 0.336 e. The minimum absolute atomic E-state index is 0.0681. The number of nitro groups is 1. The molecule has 6 nitrogen and oxygen atoms in total. The van der Waals surface area contributed by atoms with Gasteiger partial charge in [-0.05, 0) is 11.6 Å². The number of nitro benzene ring substituents is 1. The van der Waals surface area contributed by atoms with Gasteiger partial charge in [0.2, 0.25) is 0 Å².